The first-order valence-electron chi connectivity index (χ1n) is 13.1. The molecule has 44 heavy (non-hydrogen) atoms. The summed E-state index contributed by atoms with van der Waals surface area (Å²) in [4.78, 5) is 37.5. The average Bonchev–Trinajstić information content (AvgIpc) is 3.35. The predicted molar refractivity (Wildman–Crippen MR) is 151 cm³/mol. The number of pyridine rings is 2. The van der Waals surface area contributed by atoms with Crippen LogP contribution in [0.2, 0.25) is 10.0 Å². The molecule has 0 spiro atoms. The highest BCUT2D eigenvalue weighted by Crippen LogP contribution is 2.35. The molecule has 3 aromatic heterocycles. The molecule has 0 atom stereocenters. The molecule has 1 amide bonds. The topological polar surface area (TPSA) is 83.4 Å². The number of Topliss-reactive ketones (excluding diaryl/α,β-unsaturated/α-hetero) is 1. The van der Waals surface area contributed by atoms with Crippen LogP contribution >= 0.6 is 23.2 Å². The van der Waals surface area contributed by atoms with Gasteiger partial charge in [0.1, 0.15) is 5.82 Å². The van der Waals surface area contributed by atoms with Crippen LogP contribution in [0.3, 0.4) is 0 Å². The highest BCUT2D eigenvalue weighted by molar-refractivity contribution is 6.45. The van der Waals surface area contributed by atoms with Crippen molar-refractivity contribution in [1.29, 1.82) is 0 Å². The lowest BCUT2D eigenvalue weighted by molar-refractivity contribution is -0.138. The molecule has 16 heteroatoms. The van der Waals surface area contributed by atoms with E-state index in [1.165, 1.54) is 10.8 Å². The molecule has 1 saturated heterocycles. The number of fused-ring (bicyclic) bond motifs is 1. The first-order valence-corrected chi connectivity index (χ1v) is 13.9. The quantitative estimate of drug-likeness (QED) is 0.152. The first-order chi connectivity index (χ1) is 20.7. The van der Waals surface area contributed by atoms with Crippen LogP contribution in [0.15, 0.2) is 55.0 Å². The summed E-state index contributed by atoms with van der Waals surface area (Å²) in [6.45, 7) is 2.42. The summed E-state index contributed by atoms with van der Waals surface area (Å²) >= 11 is 12.2. The minimum Gasteiger partial charge on any atom is -0.353 e. The number of anilines is 1. The lowest BCUT2D eigenvalue weighted by Gasteiger charge is -2.35. The van der Waals surface area contributed by atoms with Crippen molar-refractivity contribution in [2.75, 3.05) is 44.2 Å². The van der Waals surface area contributed by atoms with E-state index in [2.05, 4.69) is 15.3 Å². The third-order valence-corrected chi connectivity index (χ3v) is 7.63. The lowest BCUT2D eigenvalue weighted by atomic mass is 10.1. The Balaban J connectivity index is 1.20. The molecule has 232 valence electrons. The number of halogens is 8. The van der Waals surface area contributed by atoms with Crippen LogP contribution in [-0.4, -0.2) is 70.4 Å². The number of hydrogen-bond donors (Lipinski definition) is 1. The van der Waals surface area contributed by atoms with Gasteiger partial charge in [0.05, 0.1) is 32.3 Å². The van der Waals surface area contributed by atoms with Gasteiger partial charge in [-0.2, -0.15) is 26.3 Å². The summed E-state index contributed by atoms with van der Waals surface area (Å²) in [7, 11) is 0. The molecule has 0 saturated carbocycles. The van der Waals surface area contributed by atoms with Gasteiger partial charge in [-0.3, -0.25) is 19.1 Å². The molecule has 0 unspecified atom stereocenters. The SMILES string of the molecule is O=C(NCCN1CCN(c2ncc(C(F)(F)F)cc2Cl)CC1)C(=O)c1cn(-c2ncc(C(F)(F)F)cc2Cl)c2ccccc12. The molecule has 1 fully saturated rings. The van der Waals surface area contributed by atoms with Gasteiger partial charge in [0.25, 0.3) is 11.7 Å². The number of alkyl halides is 6. The molecule has 0 aliphatic carbocycles. The molecule has 1 aromatic carbocycles. The number of rotatable bonds is 7. The van der Waals surface area contributed by atoms with Crippen LogP contribution < -0.4 is 10.2 Å². The van der Waals surface area contributed by atoms with E-state index in [9.17, 15) is 35.9 Å². The fraction of sp³-hybridized carbons (Fsp3) is 0.286. The van der Waals surface area contributed by atoms with Crippen molar-refractivity contribution in [3.05, 3.63) is 81.7 Å². The third kappa shape index (κ3) is 6.61. The van der Waals surface area contributed by atoms with E-state index in [4.69, 9.17) is 23.2 Å². The molecule has 5 rings (SSSR count). The minimum absolute atomic E-state index is 0.0189. The number of amides is 1. The van der Waals surface area contributed by atoms with Gasteiger partial charge in [0, 0.05) is 63.2 Å². The molecule has 1 aliphatic rings. The Labute approximate surface area is 256 Å². The Morgan fingerprint density at radius 2 is 1.41 bits per heavy atom. The van der Waals surface area contributed by atoms with Crippen molar-refractivity contribution < 1.29 is 35.9 Å². The van der Waals surface area contributed by atoms with E-state index in [0.717, 1.165) is 18.3 Å². The second-order valence-electron chi connectivity index (χ2n) is 9.90. The van der Waals surface area contributed by atoms with Crippen molar-refractivity contribution in [2.24, 2.45) is 0 Å². The largest absolute Gasteiger partial charge is 0.417 e. The van der Waals surface area contributed by atoms with E-state index in [0.29, 0.717) is 49.8 Å². The summed E-state index contributed by atoms with van der Waals surface area (Å²) in [6.07, 6.45) is -6.50. The average molecular weight is 659 g/mol. The van der Waals surface area contributed by atoms with Crippen LogP contribution in [0.4, 0.5) is 32.2 Å². The Morgan fingerprint density at radius 3 is 1.98 bits per heavy atom. The number of ketones is 1. The molecule has 0 radical (unpaired) electrons. The number of para-hydroxylation sites is 1. The van der Waals surface area contributed by atoms with Gasteiger partial charge in [-0.1, -0.05) is 41.4 Å². The minimum atomic E-state index is -4.64. The molecular formula is C28H22Cl2F6N6O2. The Hall–Kier alpha value is -3.88. The van der Waals surface area contributed by atoms with Crippen molar-refractivity contribution in [2.45, 2.75) is 12.4 Å². The number of benzene rings is 1. The second-order valence-corrected chi connectivity index (χ2v) is 10.7. The summed E-state index contributed by atoms with van der Waals surface area (Å²) in [5.74, 6) is -1.51. The zero-order chi connectivity index (χ0) is 31.8. The van der Waals surface area contributed by atoms with Crippen molar-refractivity contribution in [1.82, 2.24) is 24.8 Å². The Bertz CT molecular complexity index is 1720. The number of carbonyl (C=O) groups excluding carboxylic acids is 2. The molecule has 1 aliphatic heterocycles. The van der Waals surface area contributed by atoms with Gasteiger partial charge in [-0.15, -0.1) is 0 Å². The molecule has 8 nitrogen and oxygen atoms in total. The van der Waals surface area contributed by atoms with Crippen LogP contribution in [-0.2, 0) is 17.1 Å². The fourth-order valence-electron chi connectivity index (χ4n) is 4.83. The van der Waals surface area contributed by atoms with Gasteiger partial charge in [0.15, 0.2) is 5.82 Å². The summed E-state index contributed by atoms with van der Waals surface area (Å²) in [5.41, 5.74) is -1.52. The third-order valence-electron chi connectivity index (χ3n) is 7.07. The van der Waals surface area contributed by atoms with Gasteiger partial charge < -0.3 is 10.2 Å². The Morgan fingerprint density at radius 1 is 0.841 bits per heavy atom. The first kappa shape index (κ1) is 31.5. The number of hydrogen-bond acceptors (Lipinski definition) is 6. The maximum absolute atomic E-state index is 13.1. The maximum atomic E-state index is 13.1. The number of carbonyl (C=O) groups is 2. The van der Waals surface area contributed by atoms with Gasteiger partial charge >= 0.3 is 12.4 Å². The molecular weight excluding hydrogens is 637 g/mol. The summed E-state index contributed by atoms with van der Waals surface area (Å²) in [5, 5.41) is 2.58. The number of nitrogens with zero attached hydrogens (tertiary/aromatic N) is 5. The zero-order valence-corrected chi connectivity index (χ0v) is 24.0. The molecule has 4 aromatic rings. The van der Waals surface area contributed by atoms with Crippen LogP contribution in [0.5, 0.6) is 0 Å². The van der Waals surface area contributed by atoms with Crippen molar-refractivity contribution in [3.8, 4) is 5.82 Å². The Kier molecular flexibility index (Phi) is 8.78. The van der Waals surface area contributed by atoms with E-state index in [1.54, 1.807) is 29.2 Å². The van der Waals surface area contributed by atoms with Crippen LogP contribution in [0.1, 0.15) is 21.5 Å². The van der Waals surface area contributed by atoms with Gasteiger partial charge in [-0.05, 0) is 18.2 Å². The lowest BCUT2D eigenvalue weighted by Crippen LogP contribution is -2.49. The van der Waals surface area contributed by atoms with Gasteiger partial charge in [-0.25, -0.2) is 9.97 Å². The second kappa shape index (κ2) is 12.3. The van der Waals surface area contributed by atoms with Crippen LogP contribution in [0, 0.1) is 0 Å². The van der Waals surface area contributed by atoms with E-state index < -0.39 is 35.2 Å². The zero-order valence-electron chi connectivity index (χ0n) is 22.5. The maximum Gasteiger partial charge on any atom is 0.417 e. The molecule has 1 N–H and O–H groups in total. The number of piperazine rings is 1. The van der Waals surface area contributed by atoms with Gasteiger partial charge in [0.2, 0.25) is 0 Å². The summed E-state index contributed by atoms with van der Waals surface area (Å²) in [6, 6.07) is 8.10. The monoisotopic (exact) mass is 658 g/mol. The predicted octanol–water partition coefficient (Wildman–Crippen LogP) is 5.89. The smallest absolute Gasteiger partial charge is 0.353 e. The van der Waals surface area contributed by atoms with E-state index in [1.807, 2.05) is 4.90 Å². The van der Waals surface area contributed by atoms with Crippen LogP contribution in [0.25, 0.3) is 16.7 Å². The van der Waals surface area contributed by atoms with Crippen molar-refractivity contribution in [3.63, 3.8) is 0 Å². The van der Waals surface area contributed by atoms with E-state index >= 15 is 0 Å². The standard InChI is InChI=1S/C28H22Cl2F6N6O2/c29-20-11-16(27(31,32)33)13-38-24(20)41-9-7-40(8-10-41)6-5-37-26(44)23(43)19-15-42(22-4-2-1-3-18(19)22)25-21(30)12-17(14-39-25)28(34,35)36/h1-4,11-15H,5-10H2,(H,37,44). The summed E-state index contributed by atoms with van der Waals surface area (Å²) < 4.78 is 79.3. The number of nitrogens with one attached hydrogen (secondary N) is 1. The highest BCUT2D eigenvalue weighted by atomic mass is 35.5. The molecule has 4 heterocycles. The highest BCUT2D eigenvalue weighted by Gasteiger charge is 2.33. The molecule has 0 bridgehead atoms. The normalized spacial score (nSPS) is 14.7. The fourth-order valence-corrected chi connectivity index (χ4v) is 5.37. The van der Waals surface area contributed by atoms with Crippen molar-refractivity contribution >= 4 is 51.6 Å². The number of aromatic nitrogens is 3. The van der Waals surface area contributed by atoms with E-state index in [-0.39, 0.29) is 33.8 Å².